The molecule has 0 aliphatic carbocycles. The highest BCUT2D eigenvalue weighted by Crippen LogP contribution is 2.02. The highest BCUT2D eigenvalue weighted by molar-refractivity contribution is 5.77. The summed E-state index contributed by atoms with van der Waals surface area (Å²) in [4.78, 5) is 13.4. The Bertz CT molecular complexity index is 173. The van der Waals surface area contributed by atoms with Crippen LogP contribution in [-0.2, 0) is 9.53 Å². The number of carbonyl (C=O) groups is 1. The van der Waals surface area contributed by atoms with Gasteiger partial charge >= 0.3 is 0 Å². The molecule has 0 aromatic rings. The van der Waals surface area contributed by atoms with E-state index in [0.29, 0.717) is 12.6 Å². The first kappa shape index (κ1) is 10.5. The summed E-state index contributed by atoms with van der Waals surface area (Å²) < 4.78 is 5.09. The van der Waals surface area contributed by atoms with E-state index in [0.717, 1.165) is 19.6 Å². The van der Waals surface area contributed by atoms with Gasteiger partial charge < -0.3 is 15.0 Å². The quantitative estimate of drug-likeness (QED) is 0.666. The fourth-order valence-corrected chi connectivity index (χ4v) is 1.48. The number of carbonyl (C=O) groups excluding carboxylic acids is 1. The summed E-state index contributed by atoms with van der Waals surface area (Å²) in [6.45, 7) is 7.35. The molecule has 1 aliphatic rings. The van der Waals surface area contributed by atoms with Gasteiger partial charge in [-0.05, 0) is 13.8 Å². The van der Waals surface area contributed by atoms with Gasteiger partial charge in [0.25, 0.3) is 0 Å². The first-order chi connectivity index (χ1) is 6.25. The highest BCUT2D eigenvalue weighted by Gasteiger charge is 2.22. The zero-order valence-corrected chi connectivity index (χ0v) is 8.38. The molecule has 0 radical (unpaired) electrons. The first-order valence-corrected chi connectivity index (χ1v) is 4.83. The minimum Gasteiger partial charge on any atom is -0.372 e. The summed E-state index contributed by atoms with van der Waals surface area (Å²) in [5.41, 5.74) is 0. The van der Waals surface area contributed by atoms with Crippen LogP contribution >= 0.6 is 0 Å². The predicted molar refractivity (Wildman–Crippen MR) is 50.5 cm³/mol. The number of nitrogens with one attached hydrogen (secondary N) is 1. The average Bonchev–Trinajstić information content (AvgIpc) is 2.15. The summed E-state index contributed by atoms with van der Waals surface area (Å²) in [7, 11) is 0. The number of piperazine rings is 1. The van der Waals surface area contributed by atoms with Crippen molar-refractivity contribution >= 4 is 5.91 Å². The van der Waals surface area contributed by atoms with Crippen molar-refractivity contribution in [1.82, 2.24) is 10.2 Å². The van der Waals surface area contributed by atoms with Crippen molar-refractivity contribution in [3.63, 3.8) is 0 Å². The second kappa shape index (κ2) is 5.19. The second-order valence-corrected chi connectivity index (χ2v) is 3.28. The molecule has 0 saturated carbocycles. The molecule has 0 aromatic heterocycles. The number of hydrogen-bond acceptors (Lipinski definition) is 3. The Kier molecular flexibility index (Phi) is 4.18. The van der Waals surface area contributed by atoms with Gasteiger partial charge in [0.1, 0.15) is 6.61 Å². The molecule has 1 heterocycles. The number of rotatable bonds is 3. The summed E-state index contributed by atoms with van der Waals surface area (Å²) in [6.07, 6.45) is 0. The molecule has 76 valence electrons. The maximum atomic E-state index is 11.5. The number of ether oxygens (including phenoxy) is 1. The molecule has 0 aromatic carbocycles. The van der Waals surface area contributed by atoms with Gasteiger partial charge in [-0.15, -0.1) is 0 Å². The lowest BCUT2D eigenvalue weighted by atomic mass is 10.2. The second-order valence-electron chi connectivity index (χ2n) is 3.28. The number of nitrogens with zero attached hydrogens (tertiary/aromatic N) is 1. The maximum absolute atomic E-state index is 11.5. The molecule has 13 heavy (non-hydrogen) atoms. The Labute approximate surface area is 79.2 Å². The molecule has 1 fully saturated rings. The Morgan fingerprint density at radius 3 is 3.08 bits per heavy atom. The van der Waals surface area contributed by atoms with Gasteiger partial charge in [0.15, 0.2) is 0 Å². The highest BCUT2D eigenvalue weighted by atomic mass is 16.5. The average molecular weight is 186 g/mol. The molecule has 1 aliphatic heterocycles. The maximum Gasteiger partial charge on any atom is 0.248 e. The van der Waals surface area contributed by atoms with Crippen molar-refractivity contribution in [1.29, 1.82) is 0 Å². The van der Waals surface area contributed by atoms with Crippen LogP contribution in [0.25, 0.3) is 0 Å². The van der Waals surface area contributed by atoms with Gasteiger partial charge in [-0.2, -0.15) is 0 Å². The largest absolute Gasteiger partial charge is 0.372 e. The topological polar surface area (TPSA) is 41.6 Å². The van der Waals surface area contributed by atoms with Gasteiger partial charge in [0.2, 0.25) is 5.91 Å². The number of amides is 1. The van der Waals surface area contributed by atoms with Gasteiger partial charge in [0, 0.05) is 32.3 Å². The van der Waals surface area contributed by atoms with Crippen molar-refractivity contribution in [2.24, 2.45) is 0 Å². The Hall–Kier alpha value is -0.610. The minimum atomic E-state index is 0.107. The Morgan fingerprint density at radius 1 is 1.69 bits per heavy atom. The van der Waals surface area contributed by atoms with E-state index >= 15 is 0 Å². The third kappa shape index (κ3) is 2.97. The molecule has 1 rings (SSSR count). The van der Waals surface area contributed by atoms with Crippen LogP contribution in [0.15, 0.2) is 0 Å². The van der Waals surface area contributed by atoms with Gasteiger partial charge in [-0.3, -0.25) is 4.79 Å². The van der Waals surface area contributed by atoms with E-state index < -0.39 is 0 Å². The molecule has 1 atom stereocenters. The normalized spacial score (nSPS) is 23.2. The van der Waals surface area contributed by atoms with Crippen molar-refractivity contribution < 1.29 is 9.53 Å². The fraction of sp³-hybridized carbons (Fsp3) is 0.889. The molecule has 0 bridgehead atoms. The van der Waals surface area contributed by atoms with Crippen LogP contribution in [0.1, 0.15) is 13.8 Å². The van der Waals surface area contributed by atoms with E-state index in [9.17, 15) is 4.79 Å². The molecule has 0 spiro atoms. The van der Waals surface area contributed by atoms with Gasteiger partial charge in [-0.25, -0.2) is 0 Å². The van der Waals surface area contributed by atoms with Crippen LogP contribution in [0.3, 0.4) is 0 Å². The molecule has 1 N–H and O–H groups in total. The van der Waals surface area contributed by atoms with Crippen LogP contribution in [0.2, 0.25) is 0 Å². The van der Waals surface area contributed by atoms with Crippen molar-refractivity contribution in [3.05, 3.63) is 0 Å². The summed E-state index contributed by atoms with van der Waals surface area (Å²) in [6, 6.07) is 0.293. The Morgan fingerprint density at radius 2 is 2.46 bits per heavy atom. The van der Waals surface area contributed by atoms with E-state index in [-0.39, 0.29) is 12.5 Å². The Balaban J connectivity index is 2.35. The van der Waals surface area contributed by atoms with Crippen LogP contribution in [0, 0.1) is 0 Å². The van der Waals surface area contributed by atoms with E-state index in [1.54, 1.807) is 0 Å². The molecule has 1 saturated heterocycles. The lowest BCUT2D eigenvalue weighted by molar-refractivity contribution is -0.138. The standard InChI is InChI=1S/C9H18N2O2/c1-3-13-7-9(12)11-5-4-10-6-8(11)2/h8,10H,3-7H2,1-2H3. The van der Waals surface area contributed by atoms with Crippen molar-refractivity contribution in [3.8, 4) is 0 Å². The summed E-state index contributed by atoms with van der Waals surface area (Å²) >= 11 is 0. The van der Waals surface area contributed by atoms with Crippen LogP contribution in [-0.4, -0.2) is 49.7 Å². The van der Waals surface area contributed by atoms with Crippen molar-refractivity contribution in [2.75, 3.05) is 32.8 Å². The smallest absolute Gasteiger partial charge is 0.248 e. The molecule has 1 amide bonds. The fourth-order valence-electron chi connectivity index (χ4n) is 1.48. The van der Waals surface area contributed by atoms with E-state index in [4.69, 9.17) is 4.74 Å². The predicted octanol–water partition coefficient (Wildman–Crippen LogP) is -0.157. The summed E-state index contributed by atoms with van der Waals surface area (Å²) in [5, 5.41) is 3.24. The molecule has 4 nitrogen and oxygen atoms in total. The molecular weight excluding hydrogens is 168 g/mol. The minimum absolute atomic E-state index is 0.107. The third-order valence-electron chi connectivity index (χ3n) is 2.25. The molecule has 4 heteroatoms. The van der Waals surface area contributed by atoms with Crippen molar-refractivity contribution in [2.45, 2.75) is 19.9 Å². The van der Waals surface area contributed by atoms with E-state index in [1.165, 1.54) is 0 Å². The van der Waals surface area contributed by atoms with Crippen LogP contribution < -0.4 is 5.32 Å². The SMILES string of the molecule is CCOCC(=O)N1CCNCC1C. The zero-order valence-electron chi connectivity index (χ0n) is 8.38. The van der Waals surface area contributed by atoms with Crippen LogP contribution in [0.4, 0.5) is 0 Å². The molecular formula is C9H18N2O2. The lowest BCUT2D eigenvalue weighted by Gasteiger charge is -2.33. The summed E-state index contributed by atoms with van der Waals surface area (Å²) in [5.74, 6) is 0.107. The lowest BCUT2D eigenvalue weighted by Crippen LogP contribution is -2.53. The van der Waals surface area contributed by atoms with Gasteiger partial charge in [0.05, 0.1) is 0 Å². The van der Waals surface area contributed by atoms with E-state index in [2.05, 4.69) is 12.2 Å². The first-order valence-electron chi connectivity index (χ1n) is 4.83. The van der Waals surface area contributed by atoms with Crippen LogP contribution in [0.5, 0.6) is 0 Å². The number of hydrogen-bond donors (Lipinski definition) is 1. The van der Waals surface area contributed by atoms with Gasteiger partial charge in [-0.1, -0.05) is 0 Å². The zero-order chi connectivity index (χ0) is 9.68. The third-order valence-corrected chi connectivity index (χ3v) is 2.25. The monoisotopic (exact) mass is 186 g/mol. The molecule has 1 unspecified atom stereocenters. The van der Waals surface area contributed by atoms with E-state index in [1.807, 2.05) is 11.8 Å².